The first-order chi connectivity index (χ1) is 17.8. The minimum Gasteiger partial charge on any atom is -0.481 e. The molecule has 0 aliphatic carbocycles. The largest absolute Gasteiger partial charge is 0.481 e. The molecule has 37 heavy (non-hydrogen) atoms. The highest BCUT2D eigenvalue weighted by molar-refractivity contribution is 7.13. The molecule has 12 heteroatoms. The van der Waals surface area contributed by atoms with Gasteiger partial charge in [-0.05, 0) is 24.3 Å². The summed E-state index contributed by atoms with van der Waals surface area (Å²) in [6.07, 6.45) is -0.149. The Kier molecular flexibility index (Phi) is 6.73. The average Bonchev–Trinajstić information content (AvgIpc) is 3.56. The number of thiazole rings is 1. The number of carbonyl (C=O) groups excluding carboxylic acids is 1. The summed E-state index contributed by atoms with van der Waals surface area (Å²) >= 11 is 1.29. The number of likely N-dealkylation sites (tertiary alicyclic amines) is 1. The van der Waals surface area contributed by atoms with Crippen LogP contribution in [0.2, 0.25) is 0 Å². The zero-order valence-electron chi connectivity index (χ0n) is 20.0. The third-order valence-corrected chi connectivity index (χ3v) is 6.34. The molecule has 3 heterocycles. The van der Waals surface area contributed by atoms with Crippen molar-refractivity contribution >= 4 is 34.0 Å². The van der Waals surface area contributed by atoms with Crippen LogP contribution < -0.4 is 14.8 Å². The number of benzene rings is 2. The second kappa shape index (κ2) is 10.3. The van der Waals surface area contributed by atoms with Crippen LogP contribution in [0.25, 0.3) is 11.5 Å². The zero-order valence-corrected chi connectivity index (χ0v) is 20.8. The first kappa shape index (κ1) is 24.3. The van der Waals surface area contributed by atoms with Crippen LogP contribution in [0, 0.1) is 6.92 Å². The van der Waals surface area contributed by atoms with E-state index >= 15 is 0 Å². The number of nitrogens with zero attached hydrogens (tertiary/aromatic N) is 4. The van der Waals surface area contributed by atoms with E-state index < -0.39 is 12.1 Å². The van der Waals surface area contributed by atoms with E-state index in [4.69, 9.17) is 19.0 Å². The second-order valence-electron chi connectivity index (χ2n) is 8.44. The van der Waals surface area contributed by atoms with E-state index in [0.29, 0.717) is 58.5 Å². The summed E-state index contributed by atoms with van der Waals surface area (Å²) in [6.45, 7) is 2.35. The Balaban J connectivity index is 1.38. The van der Waals surface area contributed by atoms with Gasteiger partial charge in [-0.3, -0.25) is 9.59 Å². The molecule has 2 N–H and O–H groups in total. The molecule has 1 saturated heterocycles. The van der Waals surface area contributed by atoms with E-state index in [9.17, 15) is 9.59 Å². The van der Waals surface area contributed by atoms with E-state index in [1.807, 2.05) is 12.1 Å². The molecule has 2 aromatic heterocycles. The number of hydrogen-bond acceptors (Lipinski definition) is 10. The van der Waals surface area contributed by atoms with Crippen molar-refractivity contribution in [3.8, 4) is 28.7 Å². The second-order valence-corrected chi connectivity index (χ2v) is 9.30. The van der Waals surface area contributed by atoms with Crippen LogP contribution in [0.1, 0.15) is 18.0 Å². The topological polar surface area (TPSA) is 140 Å². The molecule has 2 aromatic carbocycles. The molecular formula is C25H23N5O6S. The highest BCUT2D eigenvalue weighted by Crippen LogP contribution is 2.34. The number of hydrogen-bond donors (Lipinski definition) is 2. The first-order valence-corrected chi connectivity index (χ1v) is 12.3. The van der Waals surface area contributed by atoms with Gasteiger partial charge in [0, 0.05) is 61.8 Å². The standard InChI is InChI=1S/C25H23N5O6S/c1-14-28-29-23(34-14)15-3-5-18(6-4-15)35-19-9-16(26-25-27-17(13-37-25)11-22(31)32)10-20(12-19)36-21-7-8-30(2)24(21)33/h3-6,9-10,12-13,21H,7-8,11H2,1-2H3,(H,26,27)(H,31,32). The fourth-order valence-electron chi connectivity index (χ4n) is 3.77. The summed E-state index contributed by atoms with van der Waals surface area (Å²) in [5, 5.41) is 22.3. The fourth-order valence-corrected chi connectivity index (χ4v) is 4.50. The molecule has 1 fully saturated rings. The number of carboxylic acid groups (broad SMARTS) is 1. The number of aryl methyl sites for hydroxylation is 1. The summed E-state index contributed by atoms with van der Waals surface area (Å²) in [6, 6.07) is 12.4. The van der Waals surface area contributed by atoms with Gasteiger partial charge in [-0.15, -0.1) is 21.5 Å². The predicted molar refractivity (Wildman–Crippen MR) is 134 cm³/mol. The molecule has 1 aliphatic rings. The van der Waals surface area contributed by atoms with Crippen molar-refractivity contribution in [2.75, 3.05) is 18.9 Å². The first-order valence-electron chi connectivity index (χ1n) is 11.4. The lowest BCUT2D eigenvalue weighted by Crippen LogP contribution is -2.29. The Labute approximate surface area is 215 Å². The smallest absolute Gasteiger partial charge is 0.309 e. The molecule has 190 valence electrons. The van der Waals surface area contributed by atoms with Crippen molar-refractivity contribution in [1.29, 1.82) is 0 Å². The Morgan fingerprint density at radius 1 is 1.19 bits per heavy atom. The molecule has 0 spiro atoms. The van der Waals surface area contributed by atoms with Crippen LogP contribution in [0.4, 0.5) is 10.8 Å². The van der Waals surface area contributed by atoms with E-state index in [0.717, 1.165) is 5.56 Å². The third kappa shape index (κ3) is 5.86. The van der Waals surface area contributed by atoms with Crippen LogP contribution in [-0.4, -0.2) is 56.8 Å². The maximum atomic E-state index is 12.4. The maximum Gasteiger partial charge on any atom is 0.309 e. The van der Waals surface area contributed by atoms with Crippen LogP contribution in [0.5, 0.6) is 17.2 Å². The minimum absolute atomic E-state index is 0.0779. The van der Waals surface area contributed by atoms with Gasteiger partial charge in [0.05, 0.1) is 12.1 Å². The van der Waals surface area contributed by atoms with Gasteiger partial charge in [0.15, 0.2) is 11.2 Å². The van der Waals surface area contributed by atoms with Crippen molar-refractivity contribution in [2.24, 2.45) is 0 Å². The normalized spacial score (nSPS) is 15.1. The van der Waals surface area contributed by atoms with Gasteiger partial charge >= 0.3 is 5.97 Å². The summed E-state index contributed by atoms with van der Waals surface area (Å²) in [4.78, 5) is 29.3. The number of anilines is 2. The number of nitrogens with one attached hydrogen (secondary N) is 1. The number of carboxylic acids is 1. The van der Waals surface area contributed by atoms with Gasteiger partial charge < -0.3 is 29.2 Å². The molecule has 0 saturated carbocycles. The van der Waals surface area contributed by atoms with Crippen LogP contribution in [0.3, 0.4) is 0 Å². The molecule has 1 aliphatic heterocycles. The van der Waals surface area contributed by atoms with Gasteiger partial charge in [0.2, 0.25) is 11.8 Å². The molecule has 0 radical (unpaired) electrons. The van der Waals surface area contributed by atoms with Gasteiger partial charge in [-0.25, -0.2) is 4.98 Å². The van der Waals surface area contributed by atoms with Crippen molar-refractivity contribution < 1.29 is 28.6 Å². The molecule has 1 unspecified atom stereocenters. The highest BCUT2D eigenvalue weighted by atomic mass is 32.1. The quantitative estimate of drug-likeness (QED) is 0.328. The van der Waals surface area contributed by atoms with Crippen molar-refractivity contribution in [3.63, 3.8) is 0 Å². The molecule has 0 bridgehead atoms. The predicted octanol–water partition coefficient (Wildman–Crippen LogP) is 4.27. The lowest BCUT2D eigenvalue weighted by molar-refractivity contribution is -0.136. The van der Waals surface area contributed by atoms with Crippen molar-refractivity contribution in [2.45, 2.75) is 25.9 Å². The van der Waals surface area contributed by atoms with Crippen molar-refractivity contribution in [1.82, 2.24) is 20.1 Å². The average molecular weight is 522 g/mol. The summed E-state index contributed by atoms with van der Waals surface area (Å²) in [7, 11) is 1.74. The Morgan fingerprint density at radius 3 is 2.65 bits per heavy atom. The van der Waals surface area contributed by atoms with Crippen LogP contribution in [-0.2, 0) is 16.0 Å². The Morgan fingerprint density at radius 2 is 1.97 bits per heavy atom. The minimum atomic E-state index is -0.950. The number of aromatic nitrogens is 3. The molecular weight excluding hydrogens is 498 g/mol. The third-order valence-electron chi connectivity index (χ3n) is 5.54. The van der Waals surface area contributed by atoms with E-state index in [1.54, 1.807) is 54.6 Å². The van der Waals surface area contributed by atoms with Gasteiger partial charge in [0.1, 0.15) is 17.2 Å². The maximum absolute atomic E-state index is 12.4. The SMILES string of the molecule is Cc1nnc(-c2ccc(Oc3cc(Nc4nc(CC(=O)O)cs4)cc(OC4CCN(C)C4=O)c3)cc2)o1. The van der Waals surface area contributed by atoms with Gasteiger partial charge in [-0.1, -0.05) is 0 Å². The molecule has 4 aromatic rings. The molecule has 11 nitrogen and oxygen atoms in total. The van der Waals surface area contributed by atoms with E-state index in [-0.39, 0.29) is 12.3 Å². The number of rotatable bonds is 9. The fraction of sp³-hybridized carbons (Fsp3) is 0.240. The molecule has 5 rings (SSSR count). The van der Waals surface area contributed by atoms with Gasteiger partial charge in [0.25, 0.3) is 5.91 Å². The molecule has 1 amide bonds. The van der Waals surface area contributed by atoms with E-state index in [2.05, 4.69) is 20.5 Å². The number of aliphatic carboxylic acids is 1. The highest BCUT2D eigenvalue weighted by Gasteiger charge is 2.31. The summed E-state index contributed by atoms with van der Waals surface area (Å²) in [5.74, 6) is 1.37. The molecule has 1 atom stereocenters. The van der Waals surface area contributed by atoms with Crippen molar-refractivity contribution in [3.05, 3.63) is 59.4 Å². The number of ether oxygens (including phenoxy) is 2. The number of carbonyl (C=O) groups is 2. The summed E-state index contributed by atoms with van der Waals surface area (Å²) in [5.41, 5.74) is 1.83. The Hall–Kier alpha value is -4.45. The lowest BCUT2D eigenvalue weighted by atomic mass is 10.2. The zero-order chi connectivity index (χ0) is 25.9. The lowest BCUT2D eigenvalue weighted by Gasteiger charge is -2.16. The number of amides is 1. The van der Waals surface area contributed by atoms with Gasteiger partial charge in [-0.2, -0.15) is 0 Å². The summed E-state index contributed by atoms with van der Waals surface area (Å²) < 4.78 is 17.6. The van der Waals surface area contributed by atoms with Crippen LogP contribution >= 0.6 is 11.3 Å². The number of likely N-dealkylation sites (N-methyl/N-ethyl adjacent to an activating group) is 1. The van der Waals surface area contributed by atoms with Crippen LogP contribution in [0.15, 0.2) is 52.3 Å². The van der Waals surface area contributed by atoms with E-state index in [1.165, 1.54) is 11.3 Å². The monoisotopic (exact) mass is 521 g/mol. The Bertz CT molecular complexity index is 1430.